The van der Waals surface area contributed by atoms with E-state index in [9.17, 15) is 9.59 Å². The number of hydrogen-bond acceptors (Lipinski definition) is 4. The molecule has 26 heavy (non-hydrogen) atoms. The van der Waals surface area contributed by atoms with Crippen LogP contribution in [0.3, 0.4) is 0 Å². The van der Waals surface area contributed by atoms with E-state index < -0.39 is 11.2 Å². The zero-order valence-corrected chi connectivity index (χ0v) is 15.9. The number of aromatic amines is 1. The Bertz CT molecular complexity index is 1070. The molecule has 0 amide bonds. The van der Waals surface area contributed by atoms with Crippen LogP contribution >= 0.6 is 23.2 Å². The molecule has 2 aromatic heterocycles. The van der Waals surface area contributed by atoms with Crippen LogP contribution in [0, 0.1) is 0 Å². The van der Waals surface area contributed by atoms with Gasteiger partial charge in [-0.25, -0.2) is 9.78 Å². The van der Waals surface area contributed by atoms with Crippen LogP contribution < -0.4 is 16.0 Å². The average Bonchev–Trinajstić information content (AvgIpc) is 2.91. The first-order valence-corrected chi connectivity index (χ1v) is 8.94. The highest BCUT2D eigenvalue weighted by Crippen LogP contribution is 2.28. The topological polar surface area (TPSA) is 81.9 Å². The van der Waals surface area contributed by atoms with Gasteiger partial charge in [0.1, 0.15) is 18.2 Å². The predicted molar refractivity (Wildman–Crippen MR) is 101 cm³/mol. The average molecular weight is 397 g/mol. The van der Waals surface area contributed by atoms with Gasteiger partial charge in [-0.15, -0.1) is 0 Å². The molecule has 138 valence electrons. The molecule has 0 aliphatic heterocycles. The minimum atomic E-state index is -0.469. The normalized spacial score (nSPS) is 11.2. The Balaban J connectivity index is 1.99. The molecule has 0 atom stereocenters. The van der Waals surface area contributed by atoms with Crippen molar-refractivity contribution in [2.75, 3.05) is 0 Å². The van der Waals surface area contributed by atoms with Crippen molar-refractivity contribution < 1.29 is 4.74 Å². The van der Waals surface area contributed by atoms with Crippen LogP contribution in [0.15, 0.2) is 27.8 Å². The highest BCUT2D eigenvalue weighted by molar-refractivity contribution is 6.35. The van der Waals surface area contributed by atoms with Gasteiger partial charge >= 0.3 is 5.69 Å². The first kappa shape index (κ1) is 18.5. The maximum atomic E-state index is 12.2. The Morgan fingerprint density at radius 1 is 1.27 bits per heavy atom. The number of imidazole rings is 1. The van der Waals surface area contributed by atoms with Crippen LogP contribution in [0.5, 0.6) is 5.75 Å². The number of nitrogens with zero attached hydrogens (tertiary/aromatic N) is 3. The van der Waals surface area contributed by atoms with Crippen molar-refractivity contribution >= 4 is 34.4 Å². The van der Waals surface area contributed by atoms with E-state index in [2.05, 4.69) is 9.97 Å². The van der Waals surface area contributed by atoms with E-state index >= 15 is 0 Å². The molecule has 0 spiro atoms. The molecule has 0 saturated heterocycles. The lowest BCUT2D eigenvalue weighted by atomic mass is 10.3. The molecule has 3 rings (SSSR count). The van der Waals surface area contributed by atoms with Gasteiger partial charge in [-0.05, 0) is 24.6 Å². The molecule has 0 aliphatic carbocycles. The smallest absolute Gasteiger partial charge is 0.330 e. The summed E-state index contributed by atoms with van der Waals surface area (Å²) in [5.41, 5.74) is -0.234. The Hall–Kier alpha value is -2.25. The van der Waals surface area contributed by atoms with Crippen molar-refractivity contribution in [2.45, 2.75) is 32.9 Å². The number of benzene rings is 1. The summed E-state index contributed by atoms with van der Waals surface area (Å²) in [6.07, 6.45) is 1.73. The van der Waals surface area contributed by atoms with Crippen LogP contribution in [0.2, 0.25) is 10.0 Å². The molecule has 0 aliphatic rings. The number of aromatic nitrogens is 4. The Labute approximate surface area is 159 Å². The molecular formula is C17H18Cl2N4O3. The number of ether oxygens (including phenoxy) is 1. The van der Waals surface area contributed by atoms with Crippen molar-refractivity contribution in [3.63, 3.8) is 0 Å². The summed E-state index contributed by atoms with van der Waals surface area (Å²) in [4.78, 5) is 31.2. The maximum Gasteiger partial charge on any atom is 0.330 e. The van der Waals surface area contributed by atoms with Gasteiger partial charge in [0.15, 0.2) is 11.2 Å². The van der Waals surface area contributed by atoms with Gasteiger partial charge in [-0.3, -0.25) is 14.3 Å². The lowest BCUT2D eigenvalue weighted by Crippen LogP contribution is -2.31. The standard InChI is InChI=1S/C17H18Cl2N4O3/c1-3-4-7-23-15-14(16(24)21-17(23)25)22(2)13(20-15)9-26-12-6-5-10(18)8-11(12)19/h5-6,8H,3-4,7,9H2,1-2H3,(H,21,24,25). The molecule has 0 unspecified atom stereocenters. The molecular weight excluding hydrogens is 379 g/mol. The van der Waals surface area contributed by atoms with Crippen LogP contribution in [-0.4, -0.2) is 19.1 Å². The molecule has 0 fully saturated rings. The van der Waals surface area contributed by atoms with Crippen molar-refractivity contribution in [3.05, 3.63) is 54.9 Å². The SMILES string of the molecule is CCCCn1c(=O)[nH]c(=O)c2c1nc(COc1ccc(Cl)cc1Cl)n2C. The van der Waals surface area contributed by atoms with Gasteiger partial charge in [0.05, 0.1) is 5.02 Å². The third kappa shape index (κ3) is 3.50. The van der Waals surface area contributed by atoms with E-state index in [-0.39, 0.29) is 6.61 Å². The maximum absolute atomic E-state index is 12.2. The summed E-state index contributed by atoms with van der Waals surface area (Å²) in [7, 11) is 1.71. The minimum Gasteiger partial charge on any atom is -0.484 e. The molecule has 0 saturated carbocycles. The van der Waals surface area contributed by atoms with Crippen molar-refractivity contribution in [2.24, 2.45) is 7.05 Å². The summed E-state index contributed by atoms with van der Waals surface area (Å²) in [6.45, 7) is 2.61. The van der Waals surface area contributed by atoms with E-state index in [1.807, 2.05) is 6.92 Å². The molecule has 7 nitrogen and oxygen atoms in total. The zero-order valence-electron chi connectivity index (χ0n) is 14.4. The number of nitrogens with one attached hydrogen (secondary N) is 1. The van der Waals surface area contributed by atoms with E-state index in [1.165, 1.54) is 4.57 Å². The van der Waals surface area contributed by atoms with Crippen molar-refractivity contribution in [3.8, 4) is 5.75 Å². The van der Waals surface area contributed by atoms with Crippen molar-refractivity contribution in [1.82, 2.24) is 19.1 Å². The molecule has 0 radical (unpaired) electrons. The second-order valence-corrected chi connectivity index (χ2v) is 6.73. The number of fused-ring (bicyclic) bond motifs is 1. The number of hydrogen-bond donors (Lipinski definition) is 1. The number of H-pyrrole nitrogens is 1. The van der Waals surface area contributed by atoms with Gasteiger partial charge < -0.3 is 9.30 Å². The second-order valence-electron chi connectivity index (χ2n) is 5.89. The van der Waals surface area contributed by atoms with Crippen LogP contribution in [0.4, 0.5) is 0 Å². The van der Waals surface area contributed by atoms with E-state index in [0.29, 0.717) is 39.3 Å². The Morgan fingerprint density at radius 2 is 2.04 bits per heavy atom. The first-order chi connectivity index (χ1) is 12.4. The Kier molecular flexibility index (Phi) is 5.38. The van der Waals surface area contributed by atoms with Crippen LogP contribution in [-0.2, 0) is 20.2 Å². The lowest BCUT2D eigenvalue weighted by Gasteiger charge is -2.08. The fourth-order valence-corrected chi connectivity index (χ4v) is 3.14. The summed E-state index contributed by atoms with van der Waals surface area (Å²) in [5, 5.41) is 0.894. The van der Waals surface area contributed by atoms with Gasteiger partial charge in [0.2, 0.25) is 0 Å². The van der Waals surface area contributed by atoms with Crippen LogP contribution in [0.25, 0.3) is 11.2 Å². The molecule has 3 aromatic rings. The van der Waals surface area contributed by atoms with Gasteiger partial charge in [0, 0.05) is 18.6 Å². The van der Waals surface area contributed by atoms with E-state index in [1.54, 1.807) is 29.8 Å². The molecule has 2 heterocycles. The minimum absolute atomic E-state index is 0.0912. The summed E-state index contributed by atoms with van der Waals surface area (Å²) in [5.74, 6) is 0.966. The molecule has 9 heteroatoms. The largest absolute Gasteiger partial charge is 0.484 e. The monoisotopic (exact) mass is 396 g/mol. The summed E-state index contributed by atoms with van der Waals surface area (Å²) < 4.78 is 8.82. The molecule has 0 bridgehead atoms. The van der Waals surface area contributed by atoms with E-state index in [4.69, 9.17) is 27.9 Å². The van der Waals surface area contributed by atoms with Crippen LogP contribution in [0.1, 0.15) is 25.6 Å². The zero-order chi connectivity index (χ0) is 18.8. The lowest BCUT2D eigenvalue weighted by molar-refractivity contribution is 0.292. The van der Waals surface area contributed by atoms with E-state index in [0.717, 1.165) is 12.8 Å². The van der Waals surface area contributed by atoms with Gasteiger partial charge in [-0.2, -0.15) is 0 Å². The third-order valence-electron chi connectivity index (χ3n) is 4.09. The number of unbranched alkanes of at least 4 members (excludes halogenated alkanes) is 1. The fraction of sp³-hybridized carbons (Fsp3) is 0.353. The number of rotatable bonds is 6. The first-order valence-electron chi connectivity index (χ1n) is 8.18. The number of halogens is 2. The molecule has 1 aromatic carbocycles. The van der Waals surface area contributed by atoms with Gasteiger partial charge in [0.25, 0.3) is 5.56 Å². The molecule has 1 N–H and O–H groups in total. The highest BCUT2D eigenvalue weighted by Gasteiger charge is 2.17. The van der Waals surface area contributed by atoms with Gasteiger partial charge in [-0.1, -0.05) is 36.5 Å². The fourth-order valence-electron chi connectivity index (χ4n) is 2.68. The Morgan fingerprint density at radius 3 is 2.73 bits per heavy atom. The predicted octanol–water partition coefficient (Wildman–Crippen LogP) is 3.11. The summed E-state index contributed by atoms with van der Waals surface area (Å²) in [6, 6.07) is 4.92. The second kappa shape index (κ2) is 7.55. The summed E-state index contributed by atoms with van der Waals surface area (Å²) >= 11 is 12.0. The quantitative estimate of drug-likeness (QED) is 0.693. The number of aryl methyl sites for hydroxylation is 2. The van der Waals surface area contributed by atoms with Crippen molar-refractivity contribution in [1.29, 1.82) is 0 Å². The highest BCUT2D eigenvalue weighted by atomic mass is 35.5. The third-order valence-corrected chi connectivity index (χ3v) is 4.62.